The number of piperazine rings is 1. The smallest absolute Gasteiger partial charge is 0.256 e. The van der Waals surface area contributed by atoms with E-state index < -0.39 is 4.84 Å². The molecule has 0 saturated carbocycles. The van der Waals surface area contributed by atoms with Gasteiger partial charge in [-0.15, -0.1) is 0 Å². The van der Waals surface area contributed by atoms with Crippen LogP contribution in [0, 0.1) is 0 Å². The normalized spacial score (nSPS) is 15.9. The Morgan fingerprint density at radius 3 is 1.75 bits per heavy atom. The molecule has 0 aromatic heterocycles. The molecule has 1 amide bonds. The van der Waals surface area contributed by atoms with Crippen molar-refractivity contribution in [3.05, 3.63) is 71.8 Å². The third kappa shape index (κ3) is 3.92. The molecule has 1 aliphatic rings. The van der Waals surface area contributed by atoms with Crippen molar-refractivity contribution in [2.45, 2.75) is 10.9 Å². The standard InChI is InChI=1S/C19H20Cl2N2O/c20-18(21)19(24)23-13-11-22(12-14-23)17(15-7-3-1-4-8-15)16-9-5-2-6-10-16/h1-10,17-18H,11-14H2/p+1. The molecule has 0 radical (unpaired) electrons. The average molecular weight is 364 g/mol. The number of hydrogen-bond acceptors (Lipinski definition) is 1. The Hall–Kier alpha value is -1.55. The van der Waals surface area contributed by atoms with E-state index >= 15 is 0 Å². The number of alkyl halides is 2. The Bertz CT molecular complexity index is 616. The Balaban J connectivity index is 1.80. The molecular formula is C19H21Cl2N2O+. The predicted octanol–water partition coefficient (Wildman–Crippen LogP) is 2.31. The van der Waals surface area contributed by atoms with Crippen LogP contribution in [0.1, 0.15) is 17.2 Å². The second-order valence-corrected chi connectivity index (χ2v) is 7.13. The zero-order valence-corrected chi connectivity index (χ0v) is 14.9. The lowest BCUT2D eigenvalue weighted by Gasteiger charge is -2.37. The van der Waals surface area contributed by atoms with E-state index in [1.807, 2.05) is 12.1 Å². The summed E-state index contributed by atoms with van der Waals surface area (Å²) in [5.74, 6) is -0.187. The number of rotatable bonds is 4. The lowest BCUT2D eigenvalue weighted by molar-refractivity contribution is -0.929. The van der Waals surface area contributed by atoms with Gasteiger partial charge in [-0.05, 0) is 0 Å². The summed E-state index contributed by atoms with van der Waals surface area (Å²) in [6.45, 7) is 3.11. The van der Waals surface area contributed by atoms with E-state index in [9.17, 15) is 4.79 Å². The minimum atomic E-state index is -0.967. The fraction of sp³-hybridized carbons (Fsp3) is 0.316. The van der Waals surface area contributed by atoms with Crippen molar-refractivity contribution in [2.75, 3.05) is 26.2 Å². The SMILES string of the molecule is O=C(C(Cl)Cl)N1CC[NH+](C(c2ccccc2)c2ccccc2)CC1. The second kappa shape index (κ2) is 8.02. The molecule has 0 unspecified atom stereocenters. The molecule has 126 valence electrons. The fourth-order valence-electron chi connectivity index (χ4n) is 3.40. The summed E-state index contributed by atoms with van der Waals surface area (Å²) in [7, 11) is 0. The highest BCUT2D eigenvalue weighted by Crippen LogP contribution is 2.19. The monoisotopic (exact) mass is 363 g/mol. The van der Waals surface area contributed by atoms with Crippen LogP contribution in [0.3, 0.4) is 0 Å². The van der Waals surface area contributed by atoms with Crippen LogP contribution < -0.4 is 4.90 Å². The van der Waals surface area contributed by atoms with Crippen molar-refractivity contribution in [3.8, 4) is 0 Å². The van der Waals surface area contributed by atoms with Crippen LogP contribution in [0.2, 0.25) is 0 Å². The van der Waals surface area contributed by atoms with E-state index in [1.165, 1.54) is 16.0 Å². The number of carbonyl (C=O) groups excluding carboxylic acids is 1. The van der Waals surface area contributed by atoms with E-state index in [1.54, 1.807) is 4.90 Å². The van der Waals surface area contributed by atoms with Gasteiger partial charge in [0.1, 0.15) is 6.04 Å². The van der Waals surface area contributed by atoms with Crippen molar-refractivity contribution in [3.63, 3.8) is 0 Å². The molecule has 0 bridgehead atoms. The minimum Gasteiger partial charge on any atom is -0.329 e. The maximum atomic E-state index is 12.0. The van der Waals surface area contributed by atoms with Crippen LogP contribution in [0.5, 0.6) is 0 Å². The molecule has 24 heavy (non-hydrogen) atoms. The number of quaternary nitrogens is 1. The van der Waals surface area contributed by atoms with Crippen molar-refractivity contribution >= 4 is 29.1 Å². The quantitative estimate of drug-likeness (QED) is 0.828. The first-order valence-corrected chi connectivity index (χ1v) is 9.05. The number of nitrogens with one attached hydrogen (secondary N) is 1. The maximum Gasteiger partial charge on any atom is 0.256 e. The molecule has 0 atom stereocenters. The van der Waals surface area contributed by atoms with Gasteiger partial charge in [-0.1, -0.05) is 83.9 Å². The number of carbonyl (C=O) groups is 1. The topological polar surface area (TPSA) is 24.8 Å². The number of nitrogens with zero attached hydrogens (tertiary/aromatic N) is 1. The van der Waals surface area contributed by atoms with Crippen LogP contribution in [0.4, 0.5) is 0 Å². The highest BCUT2D eigenvalue weighted by atomic mass is 35.5. The molecule has 1 heterocycles. The van der Waals surface area contributed by atoms with Gasteiger partial charge in [0.2, 0.25) is 0 Å². The summed E-state index contributed by atoms with van der Waals surface area (Å²) in [6.07, 6.45) is 0. The highest BCUT2D eigenvalue weighted by Gasteiger charge is 2.32. The van der Waals surface area contributed by atoms with Crippen molar-refractivity contribution in [1.29, 1.82) is 0 Å². The molecule has 2 aromatic carbocycles. The van der Waals surface area contributed by atoms with E-state index in [2.05, 4.69) is 48.5 Å². The summed E-state index contributed by atoms with van der Waals surface area (Å²) >= 11 is 11.4. The van der Waals surface area contributed by atoms with Crippen molar-refractivity contribution in [2.24, 2.45) is 0 Å². The summed E-state index contributed by atoms with van der Waals surface area (Å²) in [4.78, 5) is 14.2. The summed E-state index contributed by atoms with van der Waals surface area (Å²) in [6, 6.07) is 21.4. The average Bonchev–Trinajstić information content (AvgIpc) is 2.64. The maximum absolute atomic E-state index is 12.0. The third-order valence-corrected chi connectivity index (χ3v) is 4.95. The minimum absolute atomic E-state index is 0.187. The number of halogens is 2. The number of amides is 1. The first-order chi connectivity index (χ1) is 11.7. The van der Waals surface area contributed by atoms with Crippen LogP contribution in [-0.2, 0) is 4.79 Å². The molecule has 1 fully saturated rings. The van der Waals surface area contributed by atoms with Gasteiger partial charge in [-0.25, -0.2) is 0 Å². The first kappa shape index (κ1) is 17.3. The molecular weight excluding hydrogens is 343 g/mol. The third-order valence-electron chi connectivity index (χ3n) is 4.58. The number of hydrogen-bond donors (Lipinski definition) is 1. The zero-order chi connectivity index (χ0) is 16.9. The second-order valence-electron chi connectivity index (χ2n) is 6.04. The van der Waals surface area contributed by atoms with Gasteiger partial charge in [-0.3, -0.25) is 4.79 Å². The van der Waals surface area contributed by atoms with Gasteiger partial charge in [0.15, 0.2) is 4.84 Å². The molecule has 0 spiro atoms. The Morgan fingerprint density at radius 2 is 1.33 bits per heavy atom. The van der Waals surface area contributed by atoms with Crippen molar-refractivity contribution in [1.82, 2.24) is 4.90 Å². The molecule has 0 aliphatic carbocycles. The molecule has 5 heteroatoms. The fourth-order valence-corrected chi connectivity index (χ4v) is 3.67. The van der Waals surface area contributed by atoms with Gasteiger partial charge in [0, 0.05) is 11.1 Å². The van der Waals surface area contributed by atoms with E-state index in [0.29, 0.717) is 13.1 Å². The highest BCUT2D eigenvalue weighted by molar-refractivity contribution is 6.53. The van der Waals surface area contributed by atoms with E-state index in [-0.39, 0.29) is 11.9 Å². The zero-order valence-electron chi connectivity index (χ0n) is 13.4. The lowest BCUT2D eigenvalue weighted by Crippen LogP contribution is -3.15. The van der Waals surface area contributed by atoms with Gasteiger partial charge in [-0.2, -0.15) is 0 Å². The van der Waals surface area contributed by atoms with Gasteiger partial charge in [0.05, 0.1) is 26.2 Å². The predicted molar refractivity (Wildman–Crippen MR) is 97.5 cm³/mol. The number of benzene rings is 2. The van der Waals surface area contributed by atoms with E-state index in [4.69, 9.17) is 23.2 Å². The largest absolute Gasteiger partial charge is 0.329 e. The lowest BCUT2D eigenvalue weighted by atomic mass is 9.96. The molecule has 2 aromatic rings. The summed E-state index contributed by atoms with van der Waals surface area (Å²) in [5, 5.41) is 0. The van der Waals surface area contributed by atoms with Gasteiger partial charge in [0.25, 0.3) is 5.91 Å². The van der Waals surface area contributed by atoms with Gasteiger partial charge >= 0.3 is 0 Å². The first-order valence-electron chi connectivity index (χ1n) is 8.18. The summed E-state index contributed by atoms with van der Waals surface area (Å²) in [5.41, 5.74) is 2.59. The molecule has 1 aliphatic heterocycles. The Labute approximate surface area is 152 Å². The molecule has 1 saturated heterocycles. The van der Waals surface area contributed by atoms with Crippen LogP contribution in [0.15, 0.2) is 60.7 Å². The van der Waals surface area contributed by atoms with Gasteiger partial charge < -0.3 is 9.80 Å². The molecule has 3 rings (SSSR count). The van der Waals surface area contributed by atoms with Crippen molar-refractivity contribution < 1.29 is 9.69 Å². The van der Waals surface area contributed by atoms with Crippen LogP contribution in [0.25, 0.3) is 0 Å². The van der Waals surface area contributed by atoms with Crippen LogP contribution >= 0.6 is 23.2 Å². The van der Waals surface area contributed by atoms with Crippen LogP contribution in [-0.4, -0.2) is 41.8 Å². The summed E-state index contributed by atoms with van der Waals surface area (Å²) < 4.78 is 0. The van der Waals surface area contributed by atoms with E-state index in [0.717, 1.165) is 13.1 Å². The Kier molecular flexibility index (Phi) is 5.77. The Morgan fingerprint density at radius 1 is 0.875 bits per heavy atom. The molecule has 1 N–H and O–H groups in total. The molecule has 3 nitrogen and oxygen atoms in total.